The second kappa shape index (κ2) is 5.98. The summed E-state index contributed by atoms with van der Waals surface area (Å²) in [5.41, 5.74) is 0.617. The highest BCUT2D eigenvalue weighted by Gasteiger charge is 2.33. The predicted octanol–water partition coefficient (Wildman–Crippen LogP) is 2.28. The van der Waals surface area contributed by atoms with Crippen LogP contribution in [0.5, 0.6) is 0 Å². The van der Waals surface area contributed by atoms with Gasteiger partial charge in [0.05, 0.1) is 24.8 Å². The fourth-order valence-corrected chi connectivity index (χ4v) is 3.16. The zero-order valence-electron chi connectivity index (χ0n) is 13.1. The van der Waals surface area contributed by atoms with Gasteiger partial charge >= 0.3 is 0 Å². The first-order valence-electron chi connectivity index (χ1n) is 8.12. The molecule has 1 saturated heterocycles. The summed E-state index contributed by atoms with van der Waals surface area (Å²) in [7, 11) is 0. The topological polar surface area (TPSA) is 56.1 Å². The molecule has 1 aromatic carbocycles. The summed E-state index contributed by atoms with van der Waals surface area (Å²) in [5.74, 6) is 0.677. The first-order valence-corrected chi connectivity index (χ1v) is 8.12. The van der Waals surface area contributed by atoms with Crippen molar-refractivity contribution in [2.45, 2.75) is 38.0 Å². The van der Waals surface area contributed by atoms with Crippen LogP contribution >= 0.6 is 0 Å². The van der Waals surface area contributed by atoms with Crippen LogP contribution in [0.3, 0.4) is 0 Å². The number of rotatable bonds is 4. The molecule has 1 aliphatic carbocycles. The Kier molecular flexibility index (Phi) is 3.82. The molecule has 6 nitrogen and oxygen atoms in total. The lowest BCUT2D eigenvalue weighted by molar-refractivity contribution is -0.0462. The SMILES string of the molecule is CC(c1nnnn1C1CC1)N1CCOC(c2ccccc2F)C1. The van der Waals surface area contributed by atoms with E-state index in [1.54, 1.807) is 12.1 Å². The fourth-order valence-electron chi connectivity index (χ4n) is 3.16. The quantitative estimate of drug-likeness (QED) is 0.866. The van der Waals surface area contributed by atoms with Gasteiger partial charge in [0.2, 0.25) is 0 Å². The monoisotopic (exact) mass is 317 g/mol. The third-order valence-corrected chi connectivity index (χ3v) is 4.68. The van der Waals surface area contributed by atoms with E-state index < -0.39 is 0 Å². The molecule has 1 aromatic heterocycles. The predicted molar refractivity (Wildman–Crippen MR) is 81.2 cm³/mol. The second-order valence-electron chi connectivity index (χ2n) is 6.26. The van der Waals surface area contributed by atoms with E-state index in [9.17, 15) is 4.39 Å². The highest BCUT2D eigenvalue weighted by atomic mass is 19.1. The summed E-state index contributed by atoms with van der Waals surface area (Å²) >= 11 is 0. The van der Waals surface area contributed by atoms with Crippen molar-refractivity contribution in [2.75, 3.05) is 19.7 Å². The molecule has 7 heteroatoms. The molecule has 2 unspecified atom stereocenters. The minimum absolute atomic E-state index is 0.0868. The van der Waals surface area contributed by atoms with Crippen molar-refractivity contribution in [1.29, 1.82) is 0 Å². The van der Waals surface area contributed by atoms with E-state index >= 15 is 0 Å². The third-order valence-electron chi connectivity index (χ3n) is 4.68. The van der Waals surface area contributed by atoms with Gasteiger partial charge in [-0.2, -0.15) is 0 Å². The minimum Gasteiger partial charge on any atom is -0.371 e. The summed E-state index contributed by atoms with van der Waals surface area (Å²) in [6.07, 6.45) is 2.04. The molecule has 4 rings (SSSR count). The smallest absolute Gasteiger partial charge is 0.168 e. The Hall–Kier alpha value is -1.86. The standard InChI is InChI=1S/C16H20FN5O/c1-11(16-18-19-20-22(16)12-6-7-12)21-8-9-23-15(10-21)13-4-2-3-5-14(13)17/h2-5,11-12,15H,6-10H2,1H3. The molecule has 0 spiro atoms. The number of nitrogens with zero attached hydrogens (tertiary/aromatic N) is 5. The van der Waals surface area contributed by atoms with E-state index in [0.717, 1.165) is 25.2 Å². The third kappa shape index (κ3) is 2.86. The number of halogens is 1. The van der Waals surface area contributed by atoms with E-state index in [1.165, 1.54) is 6.07 Å². The summed E-state index contributed by atoms with van der Waals surface area (Å²) < 4.78 is 21.8. The molecule has 2 aromatic rings. The Morgan fingerprint density at radius 3 is 2.91 bits per heavy atom. The van der Waals surface area contributed by atoms with E-state index in [2.05, 4.69) is 27.3 Å². The Balaban J connectivity index is 1.53. The largest absolute Gasteiger partial charge is 0.371 e. The lowest BCUT2D eigenvalue weighted by Gasteiger charge is -2.36. The van der Waals surface area contributed by atoms with Crippen molar-refractivity contribution >= 4 is 0 Å². The van der Waals surface area contributed by atoms with Gasteiger partial charge in [-0.05, 0) is 36.3 Å². The van der Waals surface area contributed by atoms with Crippen LogP contribution in [0.25, 0.3) is 0 Å². The molecule has 0 N–H and O–H groups in total. The van der Waals surface area contributed by atoms with Crippen molar-refractivity contribution in [3.8, 4) is 0 Å². The maximum atomic E-state index is 14.0. The Bertz CT molecular complexity index is 687. The number of benzene rings is 1. The first kappa shape index (κ1) is 14.7. The maximum Gasteiger partial charge on any atom is 0.168 e. The number of morpholine rings is 1. The first-order chi connectivity index (χ1) is 11.2. The molecule has 23 heavy (non-hydrogen) atoms. The number of hydrogen-bond donors (Lipinski definition) is 0. The minimum atomic E-state index is -0.252. The van der Waals surface area contributed by atoms with Gasteiger partial charge in [0.15, 0.2) is 5.82 Å². The number of ether oxygens (including phenoxy) is 1. The average molecular weight is 317 g/mol. The normalized spacial score (nSPS) is 23.8. The molecule has 0 radical (unpaired) electrons. The molecular formula is C16H20FN5O. The summed E-state index contributed by atoms with van der Waals surface area (Å²) in [6.45, 7) is 4.12. The van der Waals surface area contributed by atoms with Crippen LogP contribution in [-0.4, -0.2) is 44.8 Å². The molecule has 0 amide bonds. The molecule has 2 heterocycles. The van der Waals surface area contributed by atoms with E-state index in [-0.39, 0.29) is 18.0 Å². The van der Waals surface area contributed by atoms with Crippen LogP contribution in [-0.2, 0) is 4.74 Å². The lowest BCUT2D eigenvalue weighted by atomic mass is 10.1. The second-order valence-corrected chi connectivity index (χ2v) is 6.26. The van der Waals surface area contributed by atoms with Gasteiger partial charge in [-0.3, -0.25) is 4.90 Å². The van der Waals surface area contributed by atoms with Crippen LogP contribution in [0.2, 0.25) is 0 Å². The summed E-state index contributed by atoms with van der Waals surface area (Å²) in [6, 6.07) is 7.36. The van der Waals surface area contributed by atoms with Crippen molar-refractivity contribution in [3.63, 3.8) is 0 Å². The van der Waals surface area contributed by atoms with E-state index in [4.69, 9.17) is 4.74 Å². The molecule has 0 bridgehead atoms. The summed E-state index contributed by atoms with van der Waals surface area (Å²) in [4.78, 5) is 2.27. The highest BCUT2D eigenvalue weighted by molar-refractivity contribution is 5.21. The van der Waals surface area contributed by atoms with Crippen molar-refractivity contribution in [2.24, 2.45) is 0 Å². The van der Waals surface area contributed by atoms with Crippen molar-refractivity contribution in [3.05, 3.63) is 41.5 Å². The molecule has 2 aliphatic rings. The van der Waals surface area contributed by atoms with Gasteiger partial charge in [-0.25, -0.2) is 9.07 Å². The average Bonchev–Trinajstić information content (AvgIpc) is 3.31. The van der Waals surface area contributed by atoms with Gasteiger partial charge in [0.25, 0.3) is 0 Å². The van der Waals surface area contributed by atoms with Gasteiger partial charge in [-0.15, -0.1) is 5.10 Å². The zero-order chi connectivity index (χ0) is 15.8. The molecule has 2 atom stereocenters. The van der Waals surface area contributed by atoms with Crippen LogP contribution in [0.1, 0.15) is 49.3 Å². The van der Waals surface area contributed by atoms with Crippen molar-refractivity contribution in [1.82, 2.24) is 25.1 Å². The van der Waals surface area contributed by atoms with Crippen LogP contribution in [0, 0.1) is 5.82 Å². The zero-order valence-corrected chi connectivity index (χ0v) is 13.1. The van der Waals surface area contributed by atoms with Gasteiger partial charge in [0.1, 0.15) is 5.82 Å². The molecule has 2 fully saturated rings. The number of hydrogen-bond acceptors (Lipinski definition) is 5. The number of tetrazole rings is 1. The van der Waals surface area contributed by atoms with Crippen LogP contribution < -0.4 is 0 Å². The lowest BCUT2D eigenvalue weighted by Crippen LogP contribution is -2.40. The summed E-state index contributed by atoms with van der Waals surface area (Å²) in [5, 5.41) is 12.2. The van der Waals surface area contributed by atoms with Gasteiger partial charge < -0.3 is 4.74 Å². The van der Waals surface area contributed by atoms with Crippen LogP contribution in [0.15, 0.2) is 24.3 Å². The molecular weight excluding hydrogens is 297 g/mol. The van der Waals surface area contributed by atoms with E-state index in [1.807, 2.05) is 10.7 Å². The Morgan fingerprint density at radius 1 is 1.30 bits per heavy atom. The fraction of sp³-hybridized carbons (Fsp3) is 0.562. The van der Waals surface area contributed by atoms with Gasteiger partial charge in [0, 0.05) is 18.7 Å². The van der Waals surface area contributed by atoms with Crippen molar-refractivity contribution < 1.29 is 9.13 Å². The Labute approximate surface area is 134 Å². The van der Waals surface area contributed by atoms with Crippen LogP contribution in [0.4, 0.5) is 4.39 Å². The molecule has 1 aliphatic heterocycles. The Morgan fingerprint density at radius 2 is 2.13 bits per heavy atom. The maximum absolute atomic E-state index is 14.0. The molecule has 122 valence electrons. The highest BCUT2D eigenvalue weighted by Crippen LogP contribution is 2.37. The molecule has 1 saturated carbocycles. The van der Waals surface area contributed by atoms with Gasteiger partial charge in [-0.1, -0.05) is 18.2 Å². The number of aromatic nitrogens is 4. The van der Waals surface area contributed by atoms with E-state index in [0.29, 0.717) is 24.8 Å².